The Morgan fingerprint density at radius 2 is 1.67 bits per heavy atom. The van der Waals surface area contributed by atoms with E-state index in [1.807, 2.05) is 50.2 Å². The van der Waals surface area contributed by atoms with E-state index in [4.69, 9.17) is 4.43 Å². The van der Waals surface area contributed by atoms with Crippen LogP contribution < -0.4 is 9.74 Å². The molecule has 0 aliphatic rings. The maximum atomic E-state index is 12.6. The van der Waals surface area contributed by atoms with Gasteiger partial charge in [0.2, 0.25) is 0 Å². The molecule has 0 radical (unpaired) electrons. The topological polar surface area (TPSA) is 38.3 Å². The highest BCUT2D eigenvalue weighted by molar-refractivity contribution is 6.74. The third kappa shape index (κ3) is 3.81. The first-order valence-corrected chi connectivity index (χ1v) is 11.5. The molecule has 2 aromatic carbocycles. The molecule has 24 heavy (non-hydrogen) atoms. The third-order valence-corrected chi connectivity index (χ3v) is 9.04. The first kappa shape index (κ1) is 18.5. The largest absolute Gasteiger partial charge is 0.543 e. The molecule has 4 heteroatoms. The van der Waals surface area contributed by atoms with Gasteiger partial charge in [-0.05, 0) is 49.5 Å². The van der Waals surface area contributed by atoms with Gasteiger partial charge in [-0.3, -0.25) is 4.79 Å². The number of rotatable bonds is 4. The monoisotopic (exact) mass is 343 g/mol. The van der Waals surface area contributed by atoms with Crippen LogP contribution >= 0.6 is 0 Å². The smallest absolute Gasteiger partial charge is 0.252 e. The minimum atomic E-state index is -1.98. The van der Waals surface area contributed by atoms with Gasteiger partial charge in [0.1, 0.15) is 5.75 Å². The van der Waals surface area contributed by atoms with E-state index in [2.05, 4.69) is 39.2 Å². The first-order valence-electron chi connectivity index (χ1n) is 8.54. The van der Waals surface area contributed by atoms with Crippen molar-refractivity contribution in [3.8, 4) is 5.75 Å². The van der Waals surface area contributed by atoms with Crippen LogP contribution in [0.2, 0.25) is 18.1 Å². The van der Waals surface area contributed by atoms with Crippen molar-refractivity contribution in [3.05, 3.63) is 42.0 Å². The molecule has 1 amide bonds. The van der Waals surface area contributed by atoms with Crippen LogP contribution in [0.3, 0.4) is 0 Å². The Hall–Kier alpha value is -1.81. The zero-order valence-corrected chi connectivity index (χ0v) is 16.9. The number of hydrogen-bond acceptors (Lipinski definition) is 2. The predicted molar refractivity (Wildman–Crippen MR) is 104 cm³/mol. The lowest BCUT2D eigenvalue weighted by Gasteiger charge is -2.37. The molecule has 130 valence electrons. The zero-order chi connectivity index (χ0) is 18.1. The number of fused-ring (bicyclic) bond motifs is 1. The fraction of sp³-hybridized carbons (Fsp3) is 0.450. The van der Waals surface area contributed by atoms with Gasteiger partial charge < -0.3 is 9.74 Å². The van der Waals surface area contributed by atoms with Crippen LogP contribution in [0.4, 0.5) is 0 Å². The summed E-state index contributed by atoms with van der Waals surface area (Å²) in [6.45, 7) is 15.0. The average molecular weight is 344 g/mol. The maximum Gasteiger partial charge on any atom is 0.252 e. The molecular weight excluding hydrogens is 314 g/mol. The number of carbonyl (C=O) groups is 1. The fourth-order valence-electron chi connectivity index (χ4n) is 2.35. The molecule has 3 nitrogen and oxygen atoms in total. The zero-order valence-electron chi connectivity index (χ0n) is 15.9. The number of carbonyl (C=O) groups excluding carboxylic acids is 1. The van der Waals surface area contributed by atoms with Crippen molar-refractivity contribution in [2.45, 2.75) is 58.8 Å². The molecule has 0 aromatic heterocycles. The molecule has 0 saturated carbocycles. The minimum absolute atomic E-state index is 0.0538. The molecule has 1 N–H and O–H groups in total. The normalized spacial score (nSPS) is 12.5. The van der Waals surface area contributed by atoms with Crippen LogP contribution in [-0.4, -0.2) is 20.3 Å². The van der Waals surface area contributed by atoms with E-state index in [-0.39, 0.29) is 17.0 Å². The summed E-state index contributed by atoms with van der Waals surface area (Å²) in [5, 5.41) is 5.03. The number of nitrogens with one attached hydrogen (secondary N) is 1. The summed E-state index contributed by atoms with van der Waals surface area (Å²) in [6.07, 6.45) is 0. The van der Waals surface area contributed by atoms with Crippen LogP contribution in [0.25, 0.3) is 10.8 Å². The number of amides is 1. The molecule has 0 saturated heterocycles. The van der Waals surface area contributed by atoms with Crippen molar-refractivity contribution in [1.82, 2.24) is 5.32 Å². The standard InChI is InChI=1S/C20H29NO2Si/c1-14(2)21-19(22)16-12-8-10-15-11-9-13-17(18(15)16)23-24(6,7)20(3,4)5/h8-14H,1-7H3,(H,21,22). The van der Waals surface area contributed by atoms with Crippen molar-refractivity contribution >= 4 is 25.0 Å². The Morgan fingerprint density at radius 1 is 1.08 bits per heavy atom. The van der Waals surface area contributed by atoms with Gasteiger partial charge in [0.05, 0.1) is 5.56 Å². The predicted octanol–water partition coefficient (Wildman–Crippen LogP) is 5.36. The van der Waals surface area contributed by atoms with Crippen LogP contribution in [0.15, 0.2) is 36.4 Å². The van der Waals surface area contributed by atoms with Crippen molar-refractivity contribution < 1.29 is 9.22 Å². The molecule has 0 spiro atoms. The minimum Gasteiger partial charge on any atom is -0.543 e. The van der Waals surface area contributed by atoms with Gasteiger partial charge in [-0.15, -0.1) is 0 Å². The molecule has 2 rings (SSSR count). The second-order valence-corrected chi connectivity index (χ2v) is 12.9. The Morgan fingerprint density at radius 3 is 2.21 bits per heavy atom. The van der Waals surface area contributed by atoms with E-state index in [0.717, 1.165) is 16.5 Å². The lowest BCUT2D eigenvalue weighted by atomic mass is 10.0. The molecule has 0 atom stereocenters. The molecular formula is C20H29NO2Si. The second kappa shape index (κ2) is 6.59. The van der Waals surface area contributed by atoms with Crippen molar-refractivity contribution in [3.63, 3.8) is 0 Å². The third-order valence-electron chi connectivity index (χ3n) is 4.70. The highest BCUT2D eigenvalue weighted by atomic mass is 28.4. The molecule has 0 fully saturated rings. The Labute approximate surface area is 146 Å². The van der Waals surface area contributed by atoms with Gasteiger partial charge in [-0.25, -0.2) is 0 Å². The molecule has 0 heterocycles. The lowest BCUT2D eigenvalue weighted by molar-refractivity contribution is 0.0944. The van der Waals surface area contributed by atoms with E-state index in [9.17, 15) is 4.79 Å². The van der Waals surface area contributed by atoms with Crippen molar-refractivity contribution in [2.24, 2.45) is 0 Å². The van der Waals surface area contributed by atoms with Crippen molar-refractivity contribution in [1.29, 1.82) is 0 Å². The summed E-state index contributed by atoms with van der Waals surface area (Å²) >= 11 is 0. The summed E-state index contributed by atoms with van der Waals surface area (Å²) in [5.74, 6) is 0.760. The summed E-state index contributed by atoms with van der Waals surface area (Å²) in [5.41, 5.74) is 0.676. The van der Waals surface area contributed by atoms with E-state index < -0.39 is 8.32 Å². The maximum absolute atomic E-state index is 12.6. The summed E-state index contributed by atoms with van der Waals surface area (Å²) in [6, 6.07) is 11.9. The Kier molecular flexibility index (Phi) is 5.09. The van der Waals surface area contributed by atoms with Gasteiger partial charge in [-0.1, -0.05) is 45.0 Å². The molecule has 0 unspecified atom stereocenters. The molecule has 2 aromatic rings. The van der Waals surface area contributed by atoms with Gasteiger partial charge in [0.25, 0.3) is 14.2 Å². The second-order valence-electron chi connectivity index (χ2n) is 8.15. The number of hydrogen-bond donors (Lipinski definition) is 1. The quantitative estimate of drug-likeness (QED) is 0.759. The van der Waals surface area contributed by atoms with Crippen molar-refractivity contribution in [2.75, 3.05) is 0 Å². The molecule has 0 aliphatic heterocycles. The van der Waals surface area contributed by atoms with Gasteiger partial charge in [0, 0.05) is 11.4 Å². The number of benzene rings is 2. The fourth-order valence-corrected chi connectivity index (χ4v) is 3.37. The van der Waals surface area contributed by atoms with E-state index >= 15 is 0 Å². The average Bonchev–Trinajstić information content (AvgIpc) is 2.44. The van der Waals surface area contributed by atoms with Crippen LogP contribution in [0.5, 0.6) is 5.75 Å². The van der Waals surface area contributed by atoms with Gasteiger partial charge in [-0.2, -0.15) is 0 Å². The van der Waals surface area contributed by atoms with E-state index in [1.165, 1.54) is 0 Å². The molecule has 0 bridgehead atoms. The van der Waals surface area contributed by atoms with Gasteiger partial charge >= 0.3 is 0 Å². The molecule has 0 aliphatic carbocycles. The van der Waals surface area contributed by atoms with Crippen LogP contribution in [-0.2, 0) is 0 Å². The van der Waals surface area contributed by atoms with Gasteiger partial charge in [0.15, 0.2) is 0 Å². The first-order chi connectivity index (χ1) is 11.0. The Bertz CT molecular complexity index is 740. The van der Waals surface area contributed by atoms with Crippen LogP contribution in [0, 0.1) is 0 Å². The SMILES string of the molecule is CC(C)NC(=O)c1cccc2cccc(O[Si](C)(C)C(C)(C)C)c12. The summed E-state index contributed by atoms with van der Waals surface area (Å²) in [4.78, 5) is 12.6. The highest BCUT2D eigenvalue weighted by Gasteiger charge is 2.39. The van der Waals surface area contributed by atoms with E-state index in [0.29, 0.717) is 5.56 Å². The summed E-state index contributed by atoms with van der Waals surface area (Å²) < 4.78 is 6.53. The Balaban J connectivity index is 2.57. The summed E-state index contributed by atoms with van der Waals surface area (Å²) in [7, 11) is -1.98. The lowest BCUT2D eigenvalue weighted by Crippen LogP contribution is -2.44. The highest BCUT2D eigenvalue weighted by Crippen LogP contribution is 2.39. The van der Waals surface area contributed by atoms with Crippen LogP contribution in [0.1, 0.15) is 45.0 Å². The van der Waals surface area contributed by atoms with E-state index in [1.54, 1.807) is 0 Å².